The van der Waals surface area contributed by atoms with Crippen LogP contribution in [0.2, 0.25) is 0 Å². The number of aliphatic hydroxyl groups is 2. The van der Waals surface area contributed by atoms with Gasteiger partial charge in [0.2, 0.25) is 5.78 Å². The van der Waals surface area contributed by atoms with Gasteiger partial charge in [-0.05, 0) is 37.1 Å². The van der Waals surface area contributed by atoms with Crippen LogP contribution >= 0.6 is 0 Å². The summed E-state index contributed by atoms with van der Waals surface area (Å²) in [5.41, 5.74) is 0.104. The number of allylic oxidation sites excluding steroid dienone is 1. The molecule has 7 nitrogen and oxygen atoms in total. The summed E-state index contributed by atoms with van der Waals surface area (Å²) in [7, 11) is 0. The quantitative estimate of drug-likeness (QED) is 0.575. The number of rotatable bonds is 3. The van der Waals surface area contributed by atoms with Gasteiger partial charge in [-0.25, -0.2) is 0 Å². The average molecular weight is 394 g/mol. The number of benzene rings is 2. The predicted molar refractivity (Wildman–Crippen MR) is 100 cm³/mol. The van der Waals surface area contributed by atoms with Crippen molar-refractivity contribution in [3.05, 3.63) is 69.5 Å². The molecule has 2 unspecified atom stereocenters. The molecule has 0 radical (unpaired) electrons. The topological polar surface area (TPSA) is 117 Å². The van der Waals surface area contributed by atoms with Gasteiger partial charge in [-0.1, -0.05) is 12.1 Å². The maximum absolute atomic E-state index is 13.3. The summed E-state index contributed by atoms with van der Waals surface area (Å²) in [5.74, 6) is -0.895. The van der Waals surface area contributed by atoms with E-state index in [0.717, 1.165) is 5.56 Å². The largest absolute Gasteiger partial charge is 0.507 e. The maximum atomic E-state index is 13.3. The van der Waals surface area contributed by atoms with Crippen molar-refractivity contribution in [2.75, 3.05) is 13.2 Å². The summed E-state index contributed by atoms with van der Waals surface area (Å²) in [4.78, 5) is 26.3. The molecule has 0 saturated carbocycles. The first-order chi connectivity index (χ1) is 13.9. The molecular formula is C22H18O7. The number of ketones is 2. The molecule has 2 aliphatic heterocycles. The number of phenols is 1. The third kappa shape index (κ3) is 2.42. The van der Waals surface area contributed by atoms with Crippen molar-refractivity contribution < 1.29 is 34.4 Å². The lowest BCUT2D eigenvalue weighted by Gasteiger charge is -2.32. The summed E-state index contributed by atoms with van der Waals surface area (Å²) in [6.07, 6.45) is 1.41. The van der Waals surface area contributed by atoms with Gasteiger partial charge in [0, 0.05) is 16.7 Å². The van der Waals surface area contributed by atoms with Crippen LogP contribution in [0.25, 0.3) is 0 Å². The number of epoxide rings is 1. The Morgan fingerprint density at radius 3 is 2.62 bits per heavy atom. The molecular weight excluding hydrogens is 376 g/mol. The number of carbonyl (C=O) groups excluding carboxylic acids is 2. The molecule has 29 heavy (non-hydrogen) atoms. The van der Waals surface area contributed by atoms with Crippen molar-refractivity contribution in [1.29, 1.82) is 0 Å². The normalized spacial score (nSPS) is 21.3. The van der Waals surface area contributed by atoms with E-state index in [0.29, 0.717) is 12.0 Å². The van der Waals surface area contributed by atoms with Crippen LogP contribution in [0, 0.1) is 6.92 Å². The molecule has 7 heteroatoms. The fraction of sp³-hybridized carbons (Fsp3) is 0.273. The first-order valence-electron chi connectivity index (χ1n) is 9.28. The fourth-order valence-electron chi connectivity index (χ4n) is 4.11. The monoisotopic (exact) mass is 394 g/mol. The Morgan fingerprint density at radius 1 is 1.17 bits per heavy atom. The van der Waals surface area contributed by atoms with E-state index in [2.05, 4.69) is 0 Å². The van der Waals surface area contributed by atoms with E-state index < -0.39 is 24.1 Å². The van der Waals surface area contributed by atoms with Crippen LogP contribution in [0.3, 0.4) is 0 Å². The van der Waals surface area contributed by atoms with Crippen LogP contribution in [-0.2, 0) is 11.2 Å². The third-order valence-electron chi connectivity index (χ3n) is 5.83. The van der Waals surface area contributed by atoms with E-state index in [1.54, 1.807) is 12.1 Å². The average Bonchev–Trinajstić information content (AvgIpc) is 3.56. The van der Waals surface area contributed by atoms with Gasteiger partial charge in [-0.15, -0.1) is 0 Å². The van der Waals surface area contributed by atoms with E-state index in [4.69, 9.17) is 9.47 Å². The van der Waals surface area contributed by atoms with Crippen LogP contribution in [0.4, 0.5) is 0 Å². The molecule has 5 rings (SSSR count). The van der Waals surface area contributed by atoms with Gasteiger partial charge in [-0.2, -0.15) is 0 Å². The zero-order valence-electron chi connectivity index (χ0n) is 15.6. The molecule has 2 atom stereocenters. The molecule has 1 fully saturated rings. The van der Waals surface area contributed by atoms with Gasteiger partial charge in [-0.3, -0.25) is 9.59 Å². The van der Waals surface area contributed by atoms with Gasteiger partial charge in [0.25, 0.3) is 0 Å². The Labute approximate surface area is 165 Å². The van der Waals surface area contributed by atoms with Crippen molar-refractivity contribution in [1.82, 2.24) is 0 Å². The van der Waals surface area contributed by atoms with Crippen molar-refractivity contribution in [3.63, 3.8) is 0 Å². The second kappa shape index (κ2) is 6.00. The number of ether oxygens (including phenoxy) is 2. The minimum atomic E-state index is -1.73. The van der Waals surface area contributed by atoms with E-state index in [1.807, 2.05) is 6.92 Å². The van der Waals surface area contributed by atoms with Gasteiger partial charge in [0.05, 0.1) is 24.3 Å². The summed E-state index contributed by atoms with van der Waals surface area (Å²) >= 11 is 0. The van der Waals surface area contributed by atoms with Crippen molar-refractivity contribution in [3.8, 4) is 11.5 Å². The lowest BCUT2D eigenvalue weighted by atomic mass is 9.80. The predicted octanol–water partition coefficient (Wildman–Crippen LogP) is 1.42. The first-order valence-corrected chi connectivity index (χ1v) is 9.28. The highest BCUT2D eigenvalue weighted by Gasteiger charge is 2.51. The minimum Gasteiger partial charge on any atom is -0.507 e. The molecule has 1 saturated heterocycles. The molecule has 0 spiro atoms. The van der Waals surface area contributed by atoms with E-state index >= 15 is 0 Å². The second-order valence-electron chi connectivity index (χ2n) is 7.56. The summed E-state index contributed by atoms with van der Waals surface area (Å²) in [6.45, 7) is 1.50. The molecule has 2 aromatic carbocycles. The number of aromatic hydroxyl groups is 1. The van der Waals surface area contributed by atoms with Crippen molar-refractivity contribution >= 4 is 11.6 Å². The molecule has 2 heterocycles. The van der Waals surface area contributed by atoms with E-state index in [9.17, 15) is 24.9 Å². The van der Waals surface area contributed by atoms with E-state index in [-0.39, 0.29) is 51.9 Å². The van der Waals surface area contributed by atoms with Crippen LogP contribution < -0.4 is 4.74 Å². The van der Waals surface area contributed by atoms with Crippen molar-refractivity contribution in [2.24, 2.45) is 0 Å². The van der Waals surface area contributed by atoms with Gasteiger partial charge >= 0.3 is 0 Å². The first kappa shape index (κ1) is 18.1. The summed E-state index contributed by atoms with van der Waals surface area (Å²) in [6, 6.07) is 6.04. The molecule has 3 N–H and O–H groups in total. The molecule has 0 aromatic heterocycles. The number of aryl methyl sites for hydroxylation is 1. The van der Waals surface area contributed by atoms with Gasteiger partial charge in [0.1, 0.15) is 23.4 Å². The van der Waals surface area contributed by atoms with Gasteiger partial charge < -0.3 is 24.8 Å². The lowest BCUT2D eigenvalue weighted by Crippen LogP contribution is -2.44. The van der Waals surface area contributed by atoms with Crippen LogP contribution in [-0.4, -0.2) is 51.8 Å². The van der Waals surface area contributed by atoms with Gasteiger partial charge in [0.15, 0.2) is 11.4 Å². The standard InChI is InChI=1S/C22H18O7/c1-10-7-13-18(20(26)17-12(19(13)25)3-2-4-14(17)24)21-11(10)5-6-15(29-21)22(27,9-23)16-8-28-16/h2-4,6-7,16,23-24,27H,5,8-9H2,1H3. The Hall–Kier alpha value is -3.00. The number of hydrogen-bond acceptors (Lipinski definition) is 7. The SMILES string of the molecule is Cc1cc2c(c3c1CC=C(C(O)(CO)C1CO1)O3)C(=O)c1c(O)cccc1C2=O. The highest BCUT2D eigenvalue weighted by atomic mass is 16.6. The molecule has 0 bridgehead atoms. The zero-order valence-corrected chi connectivity index (χ0v) is 15.6. The Balaban J connectivity index is 1.69. The number of aliphatic hydroxyl groups excluding tert-OH is 1. The maximum Gasteiger partial charge on any atom is 0.202 e. The fourth-order valence-corrected chi connectivity index (χ4v) is 4.11. The summed E-state index contributed by atoms with van der Waals surface area (Å²) in [5, 5.41) is 30.8. The smallest absolute Gasteiger partial charge is 0.202 e. The minimum absolute atomic E-state index is 0.0568. The highest BCUT2D eigenvalue weighted by Crippen LogP contribution is 2.44. The summed E-state index contributed by atoms with van der Waals surface area (Å²) < 4.78 is 11.1. The van der Waals surface area contributed by atoms with Crippen LogP contribution in [0.15, 0.2) is 36.1 Å². The number of carbonyl (C=O) groups is 2. The third-order valence-corrected chi connectivity index (χ3v) is 5.83. The highest BCUT2D eigenvalue weighted by molar-refractivity contribution is 6.30. The molecule has 1 aliphatic carbocycles. The van der Waals surface area contributed by atoms with Crippen LogP contribution in [0.5, 0.6) is 11.5 Å². The van der Waals surface area contributed by atoms with Crippen LogP contribution in [0.1, 0.15) is 43.0 Å². The number of fused-ring (bicyclic) bond motifs is 4. The lowest BCUT2D eigenvalue weighted by molar-refractivity contribution is -0.0310. The Bertz CT molecular complexity index is 1130. The zero-order chi connectivity index (χ0) is 20.5. The molecule has 148 valence electrons. The Morgan fingerprint density at radius 2 is 1.93 bits per heavy atom. The number of phenolic OH excluding ortho intramolecular Hbond substituents is 1. The van der Waals surface area contributed by atoms with E-state index in [1.165, 1.54) is 18.2 Å². The second-order valence-corrected chi connectivity index (χ2v) is 7.56. The molecule has 0 amide bonds. The van der Waals surface area contributed by atoms with Crippen molar-refractivity contribution in [2.45, 2.75) is 25.0 Å². The molecule has 2 aromatic rings. The Kier molecular flexibility index (Phi) is 3.73. The number of hydrogen-bond donors (Lipinski definition) is 3. The molecule has 3 aliphatic rings.